The number of carbonyl (C=O) groups is 1. The lowest BCUT2D eigenvalue weighted by atomic mass is 10.3. The Morgan fingerprint density at radius 1 is 0.969 bits per heavy atom. The van der Waals surface area contributed by atoms with E-state index in [1.807, 2.05) is 48.0 Å². The fourth-order valence-electron chi connectivity index (χ4n) is 3.26. The molecule has 0 saturated carbocycles. The van der Waals surface area contributed by atoms with Crippen LogP contribution in [-0.2, 0) is 11.8 Å². The number of methoxy groups -OCH3 is 2. The van der Waals surface area contributed by atoms with Crippen LogP contribution < -0.4 is 24.8 Å². The molecule has 2 aromatic carbocycles. The molecule has 0 unspecified atom stereocenters. The second kappa shape index (κ2) is 8.84. The zero-order chi connectivity index (χ0) is 22.7. The van der Waals surface area contributed by atoms with Crippen LogP contribution in [0.2, 0.25) is 0 Å². The first-order chi connectivity index (χ1) is 15.5. The minimum Gasteiger partial charge on any atom is -0.493 e. The topological polar surface area (TPSA) is 99.5 Å². The van der Waals surface area contributed by atoms with Crippen LogP contribution in [0.1, 0.15) is 6.92 Å². The molecule has 0 aliphatic carbocycles. The molecule has 0 fully saturated rings. The summed E-state index contributed by atoms with van der Waals surface area (Å²) in [5.41, 5.74) is 2.53. The van der Waals surface area contributed by atoms with Gasteiger partial charge >= 0.3 is 0 Å². The van der Waals surface area contributed by atoms with E-state index >= 15 is 0 Å². The van der Waals surface area contributed by atoms with E-state index in [9.17, 15) is 4.79 Å². The Morgan fingerprint density at radius 3 is 2.50 bits per heavy atom. The third kappa shape index (κ3) is 4.41. The summed E-state index contributed by atoms with van der Waals surface area (Å²) >= 11 is 0. The average molecular weight is 433 g/mol. The lowest BCUT2D eigenvalue weighted by Crippen LogP contribution is -2.07. The summed E-state index contributed by atoms with van der Waals surface area (Å²) in [6, 6.07) is 14.6. The number of rotatable bonds is 7. The summed E-state index contributed by atoms with van der Waals surface area (Å²) in [5, 5.41) is 5.95. The van der Waals surface area contributed by atoms with Gasteiger partial charge in [-0.25, -0.2) is 9.97 Å². The number of nitrogens with zero attached hydrogens (tertiary/aromatic N) is 3. The van der Waals surface area contributed by atoms with Gasteiger partial charge in [0.25, 0.3) is 0 Å². The van der Waals surface area contributed by atoms with Gasteiger partial charge in [0.1, 0.15) is 17.3 Å². The van der Waals surface area contributed by atoms with E-state index in [2.05, 4.69) is 15.6 Å². The molecule has 2 aromatic heterocycles. The van der Waals surface area contributed by atoms with Crippen LogP contribution in [0.4, 0.5) is 17.5 Å². The molecule has 0 radical (unpaired) electrons. The molecule has 32 heavy (non-hydrogen) atoms. The number of aryl methyl sites for hydroxylation is 1. The van der Waals surface area contributed by atoms with Crippen molar-refractivity contribution in [1.82, 2.24) is 14.5 Å². The zero-order valence-electron chi connectivity index (χ0n) is 18.2. The van der Waals surface area contributed by atoms with Gasteiger partial charge in [0, 0.05) is 44.1 Å². The largest absolute Gasteiger partial charge is 0.493 e. The molecule has 0 spiro atoms. The van der Waals surface area contributed by atoms with Gasteiger partial charge < -0.3 is 29.4 Å². The monoisotopic (exact) mass is 433 g/mol. The Kier molecular flexibility index (Phi) is 5.80. The first-order valence-electron chi connectivity index (χ1n) is 9.84. The highest BCUT2D eigenvalue weighted by Gasteiger charge is 2.12. The molecule has 0 atom stereocenters. The van der Waals surface area contributed by atoms with E-state index in [-0.39, 0.29) is 5.91 Å². The van der Waals surface area contributed by atoms with Crippen molar-refractivity contribution in [2.24, 2.45) is 7.05 Å². The molecule has 0 aliphatic heterocycles. The summed E-state index contributed by atoms with van der Waals surface area (Å²) in [7, 11) is 5.13. The minimum absolute atomic E-state index is 0.195. The Bertz CT molecular complexity index is 1280. The number of carbonyl (C=O) groups excluding carboxylic acids is 1. The number of aromatic nitrogens is 3. The molecule has 4 aromatic rings. The number of hydrogen-bond acceptors (Lipinski definition) is 7. The second-order valence-corrected chi connectivity index (χ2v) is 7.00. The van der Waals surface area contributed by atoms with Gasteiger partial charge in [0.05, 0.1) is 25.3 Å². The lowest BCUT2D eigenvalue weighted by Gasteiger charge is -2.11. The molecule has 9 heteroatoms. The maximum Gasteiger partial charge on any atom is 0.222 e. The average Bonchev–Trinajstić information content (AvgIpc) is 3.08. The van der Waals surface area contributed by atoms with Crippen molar-refractivity contribution in [3.63, 3.8) is 0 Å². The van der Waals surface area contributed by atoms with Crippen LogP contribution in [0.5, 0.6) is 23.0 Å². The lowest BCUT2D eigenvalue weighted by molar-refractivity contribution is -0.114. The number of fused-ring (bicyclic) bond motifs is 1. The second-order valence-electron chi connectivity index (χ2n) is 7.00. The van der Waals surface area contributed by atoms with E-state index in [4.69, 9.17) is 19.2 Å². The quantitative estimate of drug-likeness (QED) is 0.443. The summed E-state index contributed by atoms with van der Waals surface area (Å²) in [6.45, 7) is 1.43. The smallest absolute Gasteiger partial charge is 0.222 e. The number of hydrogen-bond donors (Lipinski definition) is 2. The molecular formula is C23H23N5O4. The highest BCUT2D eigenvalue weighted by molar-refractivity contribution is 5.87. The molecule has 1 amide bonds. The predicted octanol–water partition coefficient (Wildman–Crippen LogP) is 4.48. The van der Waals surface area contributed by atoms with E-state index in [0.717, 1.165) is 16.7 Å². The number of nitrogens with one attached hydrogen (secondary N) is 2. The Morgan fingerprint density at radius 2 is 1.75 bits per heavy atom. The highest BCUT2D eigenvalue weighted by atomic mass is 16.5. The van der Waals surface area contributed by atoms with Crippen LogP contribution in [0, 0.1) is 0 Å². The van der Waals surface area contributed by atoms with Crippen molar-refractivity contribution in [3.05, 3.63) is 54.7 Å². The fourth-order valence-corrected chi connectivity index (χ4v) is 3.26. The number of anilines is 3. The molecule has 164 valence electrons. The molecule has 9 nitrogen and oxygen atoms in total. The number of amides is 1. The molecule has 2 N–H and O–H groups in total. The third-order valence-corrected chi connectivity index (χ3v) is 4.76. The van der Waals surface area contributed by atoms with Gasteiger partial charge in [0.2, 0.25) is 11.9 Å². The third-order valence-electron chi connectivity index (χ3n) is 4.76. The fraction of sp³-hybridized carbons (Fsp3) is 0.174. The Hall–Kier alpha value is -4.27. The SMILES string of the molecule is COc1ccc(Nc2nc3cc(Oc4ccnc(NC(C)=O)c4)ccc3n2C)cc1OC. The normalized spacial score (nSPS) is 10.6. The van der Waals surface area contributed by atoms with Crippen molar-refractivity contribution in [3.8, 4) is 23.0 Å². The van der Waals surface area contributed by atoms with Gasteiger partial charge in [-0.15, -0.1) is 0 Å². The summed E-state index contributed by atoms with van der Waals surface area (Å²) in [6.07, 6.45) is 1.57. The number of ether oxygens (including phenoxy) is 3. The van der Waals surface area contributed by atoms with Gasteiger partial charge in [-0.2, -0.15) is 0 Å². The van der Waals surface area contributed by atoms with E-state index in [1.54, 1.807) is 32.5 Å². The van der Waals surface area contributed by atoms with Crippen molar-refractivity contribution in [2.75, 3.05) is 24.9 Å². The predicted molar refractivity (Wildman–Crippen MR) is 122 cm³/mol. The van der Waals surface area contributed by atoms with Crippen molar-refractivity contribution in [2.45, 2.75) is 6.92 Å². The maximum absolute atomic E-state index is 11.2. The number of imidazole rings is 1. The van der Waals surface area contributed by atoms with Crippen LogP contribution in [0.15, 0.2) is 54.7 Å². The first-order valence-corrected chi connectivity index (χ1v) is 9.84. The Labute approximate surface area is 185 Å². The van der Waals surface area contributed by atoms with E-state index in [0.29, 0.717) is 34.8 Å². The molecule has 4 rings (SSSR count). The summed E-state index contributed by atoms with van der Waals surface area (Å²) in [4.78, 5) is 20.0. The molecular weight excluding hydrogens is 410 g/mol. The number of pyridine rings is 1. The van der Waals surface area contributed by atoms with Crippen LogP contribution in [0.25, 0.3) is 11.0 Å². The van der Waals surface area contributed by atoms with Crippen LogP contribution in [0.3, 0.4) is 0 Å². The molecule has 2 heterocycles. The Balaban J connectivity index is 1.58. The van der Waals surface area contributed by atoms with Gasteiger partial charge in [0.15, 0.2) is 11.5 Å². The minimum atomic E-state index is -0.195. The standard InChI is InChI=1S/C23H23N5O4/c1-14(29)25-22-13-17(9-10-24-22)32-16-6-7-19-18(12-16)27-23(28(19)2)26-15-5-8-20(30-3)21(11-15)31-4/h5-13H,1-4H3,(H,26,27)(H,24,25,29). The maximum atomic E-state index is 11.2. The van der Waals surface area contributed by atoms with E-state index in [1.165, 1.54) is 6.92 Å². The summed E-state index contributed by atoms with van der Waals surface area (Å²) in [5.74, 6) is 3.36. The molecule has 0 saturated heterocycles. The van der Waals surface area contributed by atoms with Crippen LogP contribution in [-0.4, -0.2) is 34.7 Å². The van der Waals surface area contributed by atoms with Gasteiger partial charge in [-0.3, -0.25) is 4.79 Å². The van der Waals surface area contributed by atoms with E-state index < -0.39 is 0 Å². The molecule has 0 bridgehead atoms. The number of benzene rings is 2. The van der Waals surface area contributed by atoms with Gasteiger partial charge in [-0.1, -0.05) is 0 Å². The van der Waals surface area contributed by atoms with Crippen molar-refractivity contribution >= 4 is 34.4 Å². The summed E-state index contributed by atoms with van der Waals surface area (Å²) < 4.78 is 18.6. The van der Waals surface area contributed by atoms with Crippen molar-refractivity contribution in [1.29, 1.82) is 0 Å². The zero-order valence-corrected chi connectivity index (χ0v) is 18.2. The van der Waals surface area contributed by atoms with Crippen molar-refractivity contribution < 1.29 is 19.0 Å². The first kappa shape index (κ1) is 21.0. The van der Waals surface area contributed by atoms with Gasteiger partial charge in [-0.05, 0) is 30.3 Å². The molecule has 0 aliphatic rings. The van der Waals surface area contributed by atoms with Crippen LogP contribution >= 0.6 is 0 Å². The highest BCUT2D eigenvalue weighted by Crippen LogP contribution is 2.32.